The number of aromatic nitrogens is 3. The molecule has 2 aromatic rings. The van der Waals surface area contributed by atoms with Gasteiger partial charge in [0.25, 0.3) is 0 Å². The van der Waals surface area contributed by atoms with Crippen LogP contribution in [0.2, 0.25) is 0 Å². The van der Waals surface area contributed by atoms with Gasteiger partial charge in [-0.1, -0.05) is 0 Å². The highest BCUT2D eigenvalue weighted by Gasteiger charge is 2.09. The van der Waals surface area contributed by atoms with Crippen LogP contribution in [0.1, 0.15) is 10.6 Å². The van der Waals surface area contributed by atoms with E-state index >= 15 is 0 Å². The lowest BCUT2D eigenvalue weighted by atomic mass is 10.5. The molecule has 60 valence electrons. The van der Waals surface area contributed by atoms with E-state index in [0.29, 0.717) is 0 Å². The Labute approximate surface area is 67.3 Å². The van der Waals surface area contributed by atoms with Crippen molar-refractivity contribution in [3.63, 3.8) is 0 Å². The fourth-order valence-corrected chi connectivity index (χ4v) is 1.00. The van der Waals surface area contributed by atoms with E-state index in [-0.39, 0.29) is 5.82 Å². The Balaban J connectivity index is 2.79. The number of carboxylic acids is 1. The first-order valence-electron chi connectivity index (χ1n) is 3.29. The van der Waals surface area contributed by atoms with Gasteiger partial charge in [-0.3, -0.25) is 4.40 Å². The Bertz CT molecular complexity index is 435. The summed E-state index contributed by atoms with van der Waals surface area (Å²) in [6.07, 6.45) is 4.50. The molecule has 0 radical (unpaired) electrons. The molecule has 0 amide bonds. The summed E-state index contributed by atoms with van der Waals surface area (Å²) in [5.74, 6) is -1.07. The van der Waals surface area contributed by atoms with E-state index in [1.807, 2.05) is 0 Å². The molecule has 2 aromatic heterocycles. The number of imidazole rings is 1. The van der Waals surface area contributed by atoms with E-state index in [1.54, 1.807) is 12.3 Å². The maximum absolute atomic E-state index is 10.6. The summed E-state index contributed by atoms with van der Waals surface area (Å²) in [4.78, 5) is 18.1. The lowest BCUT2D eigenvalue weighted by molar-refractivity contribution is 0.0682. The maximum atomic E-state index is 10.6. The van der Waals surface area contributed by atoms with Crippen LogP contribution in [0.4, 0.5) is 0 Å². The van der Waals surface area contributed by atoms with Crippen molar-refractivity contribution < 1.29 is 9.90 Å². The minimum absolute atomic E-state index is 0.0156. The van der Waals surface area contributed by atoms with Crippen molar-refractivity contribution in [2.75, 3.05) is 0 Å². The van der Waals surface area contributed by atoms with Gasteiger partial charge in [0.2, 0.25) is 5.82 Å². The van der Waals surface area contributed by atoms with Crippen LogP contribution in [-0.4, -0.2) is 25.4 Å². The molecule has 0 saturated heterocycles. The molecule has 0 aromatic carbocycles. The zero-order valence-electron chi connectivity index (χ0n) is 6.01. The highest BCUT2D eigenvalue weighted by atomic mass is 16.4. The minimum Gasteiger partial charge on any atom is -0.475 e. The number of nitrogens with zero attached hydrogens (tertiary/aromatic N) is 3. The van der Waals surface area contributed by atoms with Crippen LogP contribution in [0.5, 0.6) is 0 Å². The summed E-state index contributed by atoms with van der Waals surface area (Å²) in [5, 5.41) is 8.66. The van der Waals surface area contributed by atoms with Gasteiger partial charge in [-0.15, -0.1) is 0 Å². The number of hydrogen-bond acceptors (Lipinski definition) is 3. The van der Waals surface area contributed by atoms with Gasteiger partial charge in [0.05, 0.1) is 11.7 Å². The van der Waals surface area contributed by atoms with Crippen molar-refractivity contribution in [2.24, 2.45) is 0 Å². The monoisotopic (exact) mass is 163 g/mol. The summed E-state index contributed by atoms with van der Waals surface area (Å²) < 4.78 is 1.42. The highest BCUT2D eigenvalue weighted by Crippen LogP contribution is 2.03. The van der Waals surface area contributed by atoms with Crippen LogP contribution < -0.4 is 0 Å². The first-order chi connectivity index (χ1) is 5.79. The van der Waals surface area contributed by atoms with Crippen LogP contribution in [0.25, 0.3) is 5.52 Å². The van der Waals surface area contributed by atoms with Crippen molar-refractivity contribution in [2.45, 2.75) is 0 Å². The van der Waals surface area contributed by atoms with Gasteiger partial charge in [0, 0.05) is 6.20 Å². The summed E-state index contributed by atoms with van der Waals surface area (Å²) in [6.45, 7) is 0. The molecule has 5 nitrogen and oxygen atoms in total. The molecule has 0 spiro atoms. The predicted molar refractivity (Wildman–Crippen MR) is 39.9 cm³/mol. The Morgan fingerprint density at radius 3 is 3.17 bits per heavy atom. The highest BCUT2D eigenvalue weighted by molar-refractivity contribution is 5.84. The minimum atomic E-state index is -1.05. The molecule has 2 rings (SSSR count). The molecule has 12 heavy (non-hydrogen) atoms. The fraction of sp³-hybridized carbons (Fsp3) is 0. The maximum Gasteiger partial charge on any atom is 0.372 e. The van der Waals surface area contributed by atoms with E-state index in [9.17, 15) is 4.79 Å². The molecule has 0 fully saturated rings. The van der Waals surface area contributed by atoms with Crippen molar-refractivity contribution in [3.05, 3.63) is 30.6 Å². The van der Waals surface area contributed by atoms with Gasteiger partial charge < -0.3 is 5.11 Å². The molecule has 0 atom stereocenters. The van der Waals surface area contributed by atoms with Crippen LogP contribution in [0.15, 0.2) is 24.8 Å². The number of carbonyl (C=O) groups is 1. The number of rotatable bonds is 1. The standard InChI is InChI=1S/C7H5N3O2/c11-7(12)6-9-3-5-1-2-8-4-10(5)6/h1-4H,(H,11,12). The number of aromatic carboxylic acids is 1. The van der Waals surface area contributed by atoms with Crippen LogP contribution in [-0.2, 0) is 0 Å². The third-order valence-corrected chi connectivity index (χ3v) is 1.53. The zero-order valence-corrected chi connectivity index (χ0v) is 6.01. The molecular formula is C7H5N3O2. The Morgan fingerprint density at radius 2 is 2.42 bits per heavy atom. The fourth-order valence-electron chi connectivity index (χ4n) is 1.00. The second-order valence-corrected chi connectivity index (χ2v) is 2.26. The Kier molecular flexibility index (Phi) is 1.30. The predicted octanol–water partition coefficient (Wildman–Crippen LogP) is 0.427. The molecule has 0 saturated carbocycles. The quantitative estimate of drug-likeness (QED) is 0.661. The van der Waals surface area contributed by atoms with Gasteiger partial charge in [0.1, 0.15) is 6.33 Å². The Morgan fingerprint density at radius 1 is 1.58 bits per heavy atom. The van der Waals surface area contributed by atoms with Crippen molar-refractivity contribution in [1.29, 1.82) is 0 Å². The largest absolute Gasteiger partial charge is 0.475 e. The van der Waals surface area contributed by atoms with Crippen LogP contribution in [0, 0.1) is 0 Å². The first-order valence-corrected chi connectivity index (χ1v) is 3.29. The number of fused-ring (bicyclic) bond motifs is 1. The average molecular weight is 163 g/mol. The third-order valence-electron chi connectivity index (χ3n) is 1.53. The Hall–Kier alpha value is -1.91. The molecule has 5 heteroatoms. The summed E-state index contributed by atoms with van der Waals surface area (Å²) in [5.41, 5.74) is 0.724. The van der Waals surface area contributed by atoms with E-state index in [2.05, 4.69) is 9.97 Å². The van der Waals surface area contributed by atoms with Crippen molar-refractivity contribution in [3.8, 4) is 0 Å². The van der Waals surface area contributed by atoms with Gasteiger partial charge in [-0.05, 0) is 6.07 Å². The van der Waals surface area contributed by atoms with E-state index in [1.165, 1.54) is 16.9 Å². The smallest absolute Gasteiger partial charge is 0.372 e. The molecule has 0 aliphatic heterocycles. The zero-order chi connectivity index (χ0) is 8.55. The molecule has 1 N–H and O–H groups in total. The average Bonchev–Trinajstić information content (AvgIpc) is 2.47. The van der Waals surface area contributed by atoms with Gasteiger partial charge in [-0.2, -0.15) is 0 Å². The topological polar surface area (TPSA) is 67.5 Å². The molecule has 0 aliphatic rings. The molecule has 0 aliphatic carbocycles. The van der Waals surface area contributed by atoms with E-state index in [0.717, 1.165) is 5.52 Å². The van der Waals surface area contributed by atoms with Crippen molar-refractivity contribution in [1.82, 2.24) is 14.4 Å². The van der Waals surface area contributed by atoms with Crippen LogP contribution in [0.3, 0.4) is 0 Å². The van der Waals surface area contributed by atoms with Crippen LogP contribution >= 0.6 is 0 Å². The molecule has 2 heterocycles. The third kappa shape index (κ3) is 0.833. The second-order valence-electron chi connectivity index (χ2n) is 2.26. The summed E-state index contributed by atoms with van der Waals surface area (Å²) in [7, 11) is 0. The van der Waals surface area contributed by atoms with E-state index in [4.69, 9.17) is 5.11 Å². The van der Waals surface area contributed by atoms with Crippen molar-refractivity contribution >= 4 is 11.5 Å². The number of hydrogen-bond donors (Lipinski definition) is 1. The van der Waals surface area contributed by atoms with E-state index < -0.39 is 5.97 Å². The number of carboxylic acid groups (broad SMARTS) is 1. The first kappa shape index (κ1) is 6.78. The molecular weight excluding hydrogens is 158 g/mol. The second kappa shape index (κ2) is 2.30. The lowest BCUT2D eigenvalue weighted by Gasteiger charge is -1.92. The normalized spacial score (nSPS) is 10.3. The van der Waals surface area contributed by atoms with Gasteiger partial charge in [-0.25, -0.2) is 14.8 Å². The summed E-state index contributed by atoms with van der Waals surface area (Å²) in [6, 6.07) is 1.69. The molecule has 0 bridgehead atoms. The van der Waals surface area contributed by atoms with Gasteiger partial charge in [0.15, 0.2) is 0 Å². The molecule has 0 unspecified atom stereocenters. The lowest BCUT2D eigenvalue weighted by Crippen LogP contribution is -2.03. The van der Waals surface area contributed by atoms with Gasteiger partial charge >= 0.3 is 5.97 Å². The summed E-state index contributed by atoms with van der Waals surface area (Å²) >= 11 is 0. The SMILES string of the molecule is O=C(O)c1ncc2ccncn12.